The van der Waals surface area contributed by atoms with Crippen LogP contribution in [0.25, 0.3) is 0 Å². The van der Waals surface area contributed by atoms with Crippen molar-refractivity contribution in [3.8, 4) is 5.75 Å². The number of nitro groups is 1. The zero-order valence-electron chi connectivity index (χ0n) is 11.9. The molecule has 1 aromatic rings. The number of ether oxygens (including phenoxy) is 1. The summed E-state index contributed by atoms with van der Waals surface area (Å²) in [7, 11) is 1.45. The Labute approximate surface area is 112 Å². The molecule has 0 aliphatic carbocycles. The van der Waals surface area contributed by atoms with Gasteiger partial charge in [-0.3, -0.25) is 10.1 Å². The Morgan fingerprint density at radius 1 is 1.32 bits per heavy atom. The van der Waals surface area contributed by atoms with Crippen LogP contribution in [-0.2, 0) is 0 Å². The van der Waals surface area contributed by atoms with E-state index in [2.05, 4.69) is 5.32 Å². The Morgan fingerprint density at radius 3 is 2.32 bits per heavy atom. The number of benzene rings is 1. The summed E-state index contributed by atoms with van der Waals surface area (Å²) < 4.78 is 4.98. The standard InChI is InChI=1S/C13H20N2O4/c1-12(2,13(3,4)16)14-10-7-6-9(19-5)8-11(10)15(17)18/h6-8,14,16H,1-5H3. The normalized spacial score (nSPS) is 12.1. The van der Waals surface area contributed by atoms with Crippen LogP contribution in [0.4, 0.5) is 11.4 Å². The minimum Gasteiger partial charge on any atom is -0.496 e. The maximum Gasteiger partial charge on any atom is 0.296 e. The molecule has 0 saturated carbocycles. The first-order valence-corrected chi connectivity index (χ1v) is 5.91. The Bertz CT molecular complexity index is 478. The molecule has 0 saturated heterocycles. The number of nitrogens with zero attached hydrogens (tertiary/aromatic N) is 1. The van der Waals surface area contributed by atoms with Gasteiger partial charge in [0, 0.05) is 0 Å². The van der Waals surface area contributed by atoms with E-state index in [1.807, 2.05) is 0 Å². The molecule has 106 valence electrons. The highest BCUT2D eigenvalue weighted by Crippen LogP contribution is 2.33. The van der Waals surface area contributed by atoms with Crippen molar-refractivity contribution in [3.63, 3.8) is 0 Å². The fourth-order valence-corrected chi connectivity index (χ4v) is 1.38. The Morgan fingerprint density at radius 2 is 1.89 bits per heavy atom. The third-order valence-electron chi connectivity index (χ3n) is 3.38. The smallest absolute Gasteiger partial charge is 0.296 e. The first kappa shape index (κ1) is 15.2. The van der Waals surface area contributed by atoms with E-state index >= 15 is 0 Å². The highest BCUT2D eigenvalue weighted by Gasteiger charge is 2.36. The SMILES string of the molecule is COc1ccc(NC(C)(C)C(C)(C)O)c([N+](=O)[O-])c1. The molecule has 0 amide bonds. The van der Waals surface area contributed by atoms with Crippen LogP contribution in [0.1, 0.15) is 27.7 Å². The molecule has 1 rings (SSSR count). The summed E-state index contributed by atoms with van der Waals surface area (Å²) in [5, 5.41) is 24.2. The van der Waals surface area contributed by atoms with Crippen molar-refractivity contribution in [1.82, 2.24) is 0 Å². The van der Waals surface area contributed by atoms with Crippen LogP contribution in [0.3, 0.4) is 0 Å². The zero-order chi connectivity index (χ0) is 14.8. The van der Waals surface area contributed by atoms with Crippen LogP contribution < -0.4 is 10.1 Å². The molecule has 2 N–H and O–H groups in total. The van der Waals surface area contributed by atoms with Crippen LogP contribution in [0.15, 0.2) is 18.2 Å². The average Bonchev–Trinajstić information content (AvgIpc) is 2.27. The monoisotopic (exact) mass is 268 g/mol. The summed E-state index contributed by atoms with van der Waals surface area (Å²) in [6, 6.07) is 4.56. The Hall–Kier alpha value is -1.82. The molecule has 0 fully saturated rings. The summed E-state index contributed by atoms with van der Waals surface area (Å²) in [6.07, 6.45) is 0. The predicted molar refractivity (Wildman–Crippen MR) is 73.6 cm³/mol. The number of nitrogens with one attached hydrogen (secondary N) is 1. The van der Waals surface area contributed by atoms with Gasteiger partial charge >= 0.3 is 0 Å². The largest absolute Gasteiger partial charge is 0.496 e. The summed E-state index contributed by atoms with van der Waals surface area (Å²) in [6.45, 7) is 6.85. The number of hydrogen-bond donors (Lipinski definition) is 2. The topological polar surface area (TPSA) is 84.6 Å². The third kappa shape index (κ3) is 3.35. The second-order valence-electron chi connectivity index (χ2n) is 5.45. The highest BCUT2D eigenvalue weighted by molar-refractivity contribution is 5.65. The van der Waals surface area contributed by atoms with Crippen molar-refractivity contribution < 1.29 is 14.8 Å². The van der Waals surface area contributed by atoms with Crippen LogP contribution in [0.2, 0.25) is 0 Å². The first-order chi connectivity index (χ1) is 8.58. The molecule has 0 atom stereocenters. The third-order valence-corrected chi connectivity index (χ3v) is 3.38. The molecule has 0 aromatic heterocycles. The van der Waals surface area contributed by atoms with Gasteiger partial charge in [-0.15, -0.1) is 0 Å². The molecule has 0 radical (unpaired) electrons. The van der Waals surface area contributed by atoms with Crippen LogP contribution in [0, 0.1) is 10.1 Å². The van der Waals surface area contributed by atoms with E-state index < -0.39 is 16.1 Å². The molecular formula is C13H20N2O4. The van der Waals surface area contributed by atoms with Gasteiger partial charge in [-0.25, -0.2) is 0 Å². The quantitative estimate of drug-likeness (QED) is 0.633. The van der Waals surface area contributed by atoms with E-state index in [1.54, 1.807) is 39.8 Å². The fraction of sp³-hybridized carbons (Fsp3) is 0.538. The van der Waals surface area contributed by atoms with Gasteiger partial charge in [0.15, 0.2) is 0 Å². The lowest BCUT2D eigenvalue weighted by Crippen LogP contribution is -2.51. The van der Waals surface area contributed by atoms with Gasteiger partial charge in [0.05, 0.1) is 29.2 Å². The average molecular weight is 268 g/mol. The summed E-state index contributed by atoms with van der Waals surface area (Å²) in [5.74, 6) is 0.415. The molecule has 6 heteroatoms. The minimum absolute atomic E-state index is 0.0864. The Kier molecular flexibility index (Phi) is 4.05. The van der Waals surface area contributed by atoms with Gasteiger partial charge < -0.3 is 15.2 Å². The fourth-order valence-electron chi connectivity index (χ4n) is 1.38. The van der Waals surface area contributed by atoms with Crippen molar-refractivity contribution in [1.29, 1.82) is 0 Å². The van der Waals surface area contributed by atoms with Gasteiger partial charge in [-0.2, -0.15) is 0 Å². The highest BCUT2D eigenvalue weighted by atomic mass is 16.6. The lowest BCUT2D eigenvalue weighted by atomic mass is 9.85. The second kappa shape index (κ2) is 5.05. The van der Waals surface area contributed by atoms with Crippen LogP contribution in [-0.4, -0.2) is 28.3 Å². The number of hydrogen-bond acceptors (Lipinski definition) is 5. The molecule has 0 aliphatic rings. The number of nitro benzene ring substituents is 1. The molecule has 0 heterocycles. The molecule has 6 nitrogen and oxygen atoms in total. The van der Waals surface area contributed by atoms with Crippen molar-refractivity contribution >= 4 is 11.4 Å². The van der Waals surface area contributed by atoms with Gasteiger partial charge in [-0.1, -0.05) is 0 Å². The molecule has 0 bridgehead atoms. The van der Waals surface area contributed by atoms with Gasteiger partial charge in [0.25, 0.3) is 5.69 Å². The van der Waals surface area contributed by atoms with Crippen molar-refractivity contribution in [2.45, 2.75) is 38.8 Å². The van der Waals surface area contributed by atoms with E-state index in [0.29, 0.717) is 11.4 Å². The van der Waals surface area contributed by atoms with E-state index in [4.69, 9.17) is 4.74 Å². The lowest BCUT2D eigenvalue weighted by Gasteiger charge is -2.38. The Balaban J connectivity index is 3.18. The van der Waals surface area contributed by atoms with E-state index in [-0.39, 0.29) is 5.69 Å². The van der Waals surface area contributed by atoms with Crippen LogP contribution in [0.5, 0.6) is 5.75 Å². The van der Waals surface area contributed by atoms with Gasteiger partial charge in [0.2, 0.25) is 0 Å². The van der Waals surface area contributed by atoms with Crippen molar-refractivity contribution in [2.75, 3.05) is 12.4 Å². The summed E-state index contributed by atoms with van der Waals surface area (Å²) in [4.78, 5) is 10.6. The van der Waals surface area contributed by atoms with Crippen LogP contribution >= 0.6 is 0 Å². The maximum atomic E-state index is 11.1. The van der Waals surface area contributed by atoms with E-state index in [0.717, 1.165) is 0 Å². The molecular weight excluding hydrogens is 248 g/mol. The molecule has 0 spiro atoms. The van der Waals surface area contributed by atoms with Crippen molar-refractivity contribution in [2.24, 2.45) is 0 Å². The maximum absolute atomic E-state index is 11.1. The predicted octanol–water partition coefficient (Wildman–Crippen LogP) is 2.56. The lowest BCUT2D eigenvalue weighted by molar-refractivity contribution is -0.384. The minimum atomic E-state index is -1.04. The first-order valence-electron chi connectivity index (χ1n) is 5.91. The van der Waals surface area contributed by atoms with E-state index in [1.165, 1.54) is 13.2 Å². The number of anilines is 1. The summed E-state index contributed by atoms with van der Waals surface area (Å²) in [5.41, 5.74) is -1.51. The van der Waals surface area contributed by atoms with Gasteiger partial charge in [0.1, 0.15) is 11.4 Å². The van der Waals surface area contributed by atoms with E-state index in [9.17, 15) is 15.2 Å². The molecule has 1 aromatic carbocycles. The van der Waals surface area contributed by atoms with Crippen molar-refractivity contribution in [3.05, 3.63) is 28.3 Å². The molecule has 0 aliphatic heterocycles. The number of rotatable bonds is 5. The summed E-state index contributed by atoms with van der Waals surface area (Å²) >= 11 is 0. The number of aliphatic hydroxyl groups is 1. The van der Waals surface area contributed by atoms with Gasteiger partial charge in [-0.05, 0) is 39.8 Å². The second-order valence-corrected chi connectivity index (χ2v) is 5.45. The molecule has 19 heavy (non-hydrogen) atoms. The zero-order valence-corrected chi connectivity index (χ0v) is 11.9. The number of methoxy groups -OCH3 is 1. The molecule has 0 unspecified atom stereocenters.